The van der Waals surface area contributed by atoms with Crippen molar-refractivity contribution in [3.63, 3.8) is 0 Å². The van der Waals surface area contributed by atoms with Crippen LogP contribution in [0.4, 0.5) is 0 Å². The van der Waals surface area contributed by atoms with Crippen LogP contribution in [0, 0.1) is 0 Å². The van der Waals surface area contributed by atoms with E-state index in [1.54, 1.807) is 0 Å². The van der Waals surface area contributed by atoms with Crippen LogP contribution in [0.1, 0.15) is 27.7 Å². The first kappa shape index (κ1) is 12.8. The number of hydrogen-bond donors (Lipinski definition) is 1. The van der Waals surface area contributed by atoms with E-state index in [9.17, 15) is 5.11 Å². The van der Waals surface area contributed by atoms with Crippen molar-refractivity contribution in [2.45, 2.75) is 70.0 Å². The van der Waals surface area contributed by atoms with Crippen molar-refractivity contribution < 1.29 is 28.8 Å². The van der Waals surface area contributed by atoms with Crippen LogP contribution in [0.3, 0.4) is 0 Å². The van der Waals surface area contributed by atoms with E-state index in [0.717, 1.165) is 0 Å². The van der Waals surface area contributed by atoms with Crippen molar-refractivity contribution in [2.24, 2.45) is 0 Å². The number of ether oxygens (including phenoxy) is 5. The van der Waals surface area contributed by atoms with Crippen molar-refractivity contribution in [1.29, 1.82) is 0 Å². The smallest absolute Gasteiger partial charge is 0.184 e. The predicted molar refractivity (Wildman–Crippen MR) is 59.6 cm³/mol. The molecule has 0 amide bonds. The monoisotopic (exact) mass is 260 g/mol. The Morgan fingerprint density at radius 3 is 2.17 bits per heavy atom. The van der Waals surface area contributed by atoms with Crippen molar-refractivity contribution in [2.75, 3.05) is 6.61 Å². The summed E-state index contributed by atoms with van der Waals surface area (Å²) < 4.78 is 28.2. The van der Waals surface area contributed by atoms with Crippen molar-refractivity contribution >= 4 is 0 Å². The third kappa shape index (κ3) is 2.07. The second kappa shape index (κ2) is 3.88. The highest BCUT2D eigenvalue weighted by Gasteiger charge is 2.58. The maximum absolute atomic E-state index is 9.87. The maximum Gasteiger partial charge on any atom is 0.184 e. The molecule has 0 spiro atoms. The fraction of sp³-hybridized carbons (Fsp3) is 1.00. The summed E-state index contributed by atoms with van der Waals surface area (Å²) in [7, 11) is 0. The summed E-state index contributed by atoms with van der Waals surface area (Å²) in [6.45, 7) is 7.78. The molecule has 0 saturated carbocycles. The van der Waals surface area contributed by atoms with Gasteiger partial charge in [0, 0.05) is 0 Å². The zero-order valence-corrected chi connectivity index (χ0v) is 11.1. The lowest BCUT2D eigenvalue weighted by Crippen LogP contribution is -2.40. The van der Waals surface area contributed by atoms with Crippen LogP contribution in [0.15, 0.2) is 0 Å². The number of fused-ring (bicyclic) bond motifs is 1. The molecule has 0 aliphatic carbocycles. The molecule has 0 radical (unpaired) electrons. The van der Waals surface area contributed by atoms with Crippen LogP contribution < -0.4 is 0 Å². The third-order valence-corrected chi connectivity index (χ3v) is 3.46. The van der Waals surface area contributed by atoms with Gasteiger partial charge >= 0.3 is 0 Å². The van der Waals surface area contributed by atoms with Crippen molar-refractivity contribution in [3.8, 4) is 0 Å². The lowest BCUT2D eigenvalue weighted by Gasteiger charge is -2.26. The summed E-state index contributed by atoms with van der Waals surface area (Å²) in [4.78, 5) is 0. The first-order valence-electron chi connectivity index (χ1n) is 6.28. The van der Waals surface area contributed by atoms with Crippen LogP contribution in [0.25, 0.3) is 0 Å². The van der Waals surface area contributed by atoms with Gasteiger partial charge in [-0.3, -0.25) is 0 Å². The second-order valence-electron chi connectivity index (χ2n) is 5.92. The van der Waals surface area contributed by atoms with E-state index in [2.05, 4.69) is 0 Å². The summed E-state index contributed by atoms with van der Waals surface area (Å²) in [6.07, 6.45) is -2.38. The van der Waals surface area contributed by atoms with Crippen molar-refractivity contribution in [3.05, 3.63) is 0 Å². The van der Waals surface area contributed by atoms with Gasteiger partial charge in [0.15, 0.2) is 17.9 Å². The van der Waals surface area contributed by atoms with Crippen LogP contribution in [-0.2, 0) is 23.7 Å². The normalized spacial score (nSPS) is 49.5. The van der Waals surface area contributed by atoms with Gasteiger partial charge in [0.25, 0.3) is 0 Å². The van der Waals surface area contributed by atoms with Crippen LogP contribution >= 0.6 is 0 Å². The Kier molecular flexibility index (Phi) is 2.75. The maximum atomic E-state index is 9.87. The minimum atomic E-state index is -0.978. The van der Waals surface area contributed by atoms with E-state index in [4.69, 9.17) is 23.7 Å². The highest BCUT2D eigenvalue weighted by Crippen LogP contribution is 2.41. The average Bonchev–Trinajstić information content (AvgIpc) is 2.81. The van der Waals surface area contributed by atoms with E-state index >= 15 is 0 Å². The third-order valence-electron chi connectivity index (χ3n) is 3.46. The van der Waals surface area contributed by atoms with E-state index in [-0.39, 0.29) is 18.3 Å². The molecular formula is C12H20O6. The molecule has 6 nitrogen and oxygen atoms in total. The molecule has 3 heterocycles. The summed E-state index contributed by atoms with van der Waals surface area (Å²) in [5, 5.41) is 9.87. The molecule has 3 fully saturated rings. The largest absolute Gasteiger partial charge is 0.366 e. The SMILES string of the molecule is CC1(C)O[C@H]2[C@@H](O1)[C@H](O)O[C@H]2[C@H]1COC(C)(C)O1. The van der Waals surface area contributed by atoms with Crippen LogP contribution in [-0.4, -0.2) is 54.0 Å². The Bertz CT molecular complexity index is 341. The van der Waals surface area contributed by atoms with Crippen molar-refractivity contribution in [1.82, 2.24) is 0 Å². The summed E-state index contributed by atoms with van der Waals surface area (Å²) >= 11 is 0. The lowest BCUT2D eigenvalue weighted by molar-refractivity contribution is -0.236. The van der Waals surface area contributed by atoms with Crippen LogP contribution in [0.5, 0.6) is 0 Å². The van der Waals surface area contributed by atoms with Gasteiger partial charge in [0.05, 0.1) is 6.61 Å². The number of hydrogen-bond acceptors (Lipinski definition) is 6. The molecule has 3 rings (SSSR count). The Balaban J connectivity index is 1.75. The first-order chi connectivity index (χ1) is 8.27. The topological polar surface area (TPSA) is 66.4 Å². The van der Waals surface area contributed by atoms with Gasteiger partial charge in [-0.1, -0.05) is 0 Å². The van der Waals surface area contributed by atoms with E-state index in [1.807, 2.05) is 27.7 Å². The van der Waals surface area contributed by atoms with E-state index < -0.39 is 24.0 Å². The second-order valence-corrected chi connectivity index (χ2v) is 5.92. The van der Waals surface area contributed by atoms with E-state index in [0.29, 0.717) is 6.61 Å². The van der Waals surface area contributed by atoms with Gasteiger partial charge in [0.2, 0.25) is 0 Å². The summed E-state index contributed by atoms with van der Waals surface area (Å²) in [5.74, 6) is -1.32. The highest BCUT2D eigenvalue weighted by molar-refractivity contribution is 4.99. The molecule has 6 heteroatoms. The molecule has 3 aliphatic rings. The van der Waals surface area contributed by atoms with Gasteiger partial charge in [0.1, 0.15) is 24.4 Å². The summed E-state index contributed by atoms with van der Waals surface area (Å²) in [6, 6.07) is 0. The number of aliphatic hydroxyl groups excluding tert-OH is 1. The number of aliphatic hydroxyl groups is 1. The van der Waals surface area contributed by atoms with Gasteiger partial charge in [-0.05, 0) is 27.7 Å². The molecule has 1 N–H and O–H groups in total. The fourth-order valence-electron chi connectivity index (χ4n) is 2.78. The lowest BCUT2D eigenvalue weighted by atomic mass is 10.1. The molecule has 0 aromatic carbocycles. The Hall–Kier alpha value is -0.240. The molecule has 0 bridgehead atoms. The Labute approximate surface area is 106 Å². The molecule has 0 aromatic heterocycles. The van der Waals surface area contributed by atoms with Gasteiger partial charge in [-0.15, -0.1) is 0 Å². The first-order valence-corrected chi connectivity index (χ1v) is 6.28. The molecule has 18 heavy (non-hydrogen) atoms. The zero-order valence-electron chi connectivity index (χ0n) is 11.1. The zero-order chi connectivity index (χ0) is 13.1. The van der Waals surface area contributed by atoms with E-state index in [1.165, 1.54) is 0 Å². The standard InChI is InChI=1S/C12H20O6/c1-11(2)14-5-6(16-11)7-8-9(10(13)15-7)18-12(3,4)17-8/h6-10,13H,5H2,1-4H3/t6-,7+,8-,9-,10-/m1/s1. The average molecular weight is 260 g/mol. The van der Waals surface area contributed by atoms with Gasteiger partial charge in [-0.2, -0.15) is 0 Å². The van der Waals surface area contributed by atoms with Crippen LogP contribution in [0.2, 0.25) is 0 Å². The number of rotatable bonds is 1. The molecule has 104 valence electrons. The minimum Gasteiger partial charge on any atom is -0.366 e. The van der Waals surface area contributed by atoms with Gasteiger partial charge < -0.3 is 28.8 Å². The Morgan fingerprint density at radius 1 is 0.889 bits per heavy atom. The quantitative estimate of drug-likeness (QED) is 0.735. The highest BCUT2D eigenvalue weighted by atomic mass is 16.8. The predicted octanol–water partition coefficient (Wildman–Crippen LogP) is 0.375. The Morgan fingerprint density at radius 2 is 1.56 bits per heavy atom. The summed E-state index contributed by atoms with van der Waals surface area (Å²) in [5.41, 5.74) is 0. The molecule has 0 aromatic rings. The molecule has 3 aliphatic heterocycles. The fourth-order valence-corrected chi connectivity index (χ4v) is 2.78. The molecule has 0 unspecified atom stereocenters. The minimum absolute atomic E-state index is 0.248. The molecule has 5 atom stereocenters. The molecular weight excluding hydrogens is 240 g/mol. The van der Waals surface area contributed by atoms with Gasteiger partial charge in [-0.25, -0.2) is 0 Å². The molecule has 3 saturated heterocycles.